The van der Waals surface area contributed by atoms with Crippen LogP contribution in [0.4, 0.5) is 5.82 Å². The number of nitrogens with two attached hydrogens (primary N) is 1. The van der Waals surface area contributed by atoms with Crippen LogP contribution in [-0.4, -0.2) is 53.2 Å². The van der Waals surface area contributed by atoms with E-state index in [0.717, 1.165) is 46.5 Å². The largest absolute Gasteiger partial charge is 0.382 e. The van der Waals surface area contributed by atoms with Crippen molar-refractivity contribution in [2.45, 2.75) is 18.8 Å². The fourth-order valence-corrected chi connectivity index (χ4v) is 4.65. The number of aromatic nitrogens is 6. The van der Waals surface area contributed by atoms with Crippen LogP contribution < -0.4 is 5.73 Å². The first-order chi connectivity index (χ1) is 15.7. The molecule has 5 aromatic rings. The molecule has 0 bridgehead atoms. The number of anilines is 1. The van der Waals surface area contributed by atoms with Crippen LogP contribution in [0.2, 0.25) is 0 Å². The van der Waals surface area contributed by atoms with Gasteiger partial charge in [0.2, 0.25) is 0 Å². The highest BCUT2D eigenvalue weighted by molar-refractivity contribution is 5.92. The lowest BCUT2D eigenvalue weighted by Gasteiger charge is -2.31. The molecule has 9 nitrogen and oxygen atoms in total. The predicted octanol–water partition coefficient (Wildman–Crippen LogP) is 3.20. The number of imidazole rings is 2. The molecule has 1 aliphatic rings. The van der Waals surface area contributed by atoms with E-state index in [-0.39, 0.29) is 11.8 Å². The zero-order chi connectivity index (χ0) is 21.7. The maximum atomic E-state index is 12.6. The zero-order valence-electron chi connectivity index (χ0n) is 17.3. The number of amides is 1. The van der Waals surface area contributed by atoms with Crippen molar-refractivity contribution in [3.63, 3.8) is 0 Å². The van der Waals surface area contributed by atoms with Crippen LogP contribution in [0.5, 0.6) is 0 Å². The predicted molar refractivity (Wildman–Crippen MR) is 121 cm³/mol. The third-order valence-electron chi connectivity index (χ3n) is 6.27. The number of fused-ring (bicyclic) bond motifs is 2. The Morgan fingerprint density at radius 3 is 2.81 bits per heavy atom. The van der Waals surface area contributed by atoms with Gasteiger partial charge in [-0.1, -0.05) is 18.2 Å². The van der Waals surface area contributed by atoms with Gasteiger partial charge in [-0.3, -0.25) is 9.20 Å². The average molecular weight is 426 g/mol. The number of rotatable bonds is 3. The first-order valence-corrected chi connectivity index (χ1v) is 10.7. The molecule has 0 spiro atoms. The maximum absolute atomic E-state index is 12.6. The summed E-state index contributed by atoms with van der Waals surface area (Å²) in [6, 6.07) is 10.2. The topological polar surface area (TPSA) is 121 Å². The van der Waals surface area contributed by atoms with Gasteiger partial charge in [0.25, 0.3) is 5.91 Å². The highest BCUT2D eigenvalue weighted by Gasteiger charge is 2.29. The van der Waals surface area contributed by atoms with E-state index in [0.29, 0.717) is 24.6 Å². The molecule has 1 fully saturated rings. The number of likely N-dealkylation sites (tertiary alicyclic amines) is 1. The second-order valence-electron chi connectivity index (χ2n) is 8.15. The molecule has 4 aromatic heterocycles. The Labute approximate surface area is 183 Å². The summed E-state index contributed by atoms with van der Waals surface area (Å²) < 4.78 is 2.06. The molecule has 0 atom stereocenters. The molecule has 1 aromatic carbocycles. The van der Waals surface area contributed by atoms with E-state index >= 15 is 0 Å². The molecule has 9 heteroatoms. The van der Waals surface area contributed by atoms with Crippen LogP contribution in [-0.2, 0) is 0 Å². The van der Waals surface area contributed by atoms with Gasteiger partial charge < -0.3 is 20.6 Å². The van der Waals surface area contributed by atoms with Gasteiger partial charge in [-0.2, -0.15) is 0 Å². The second kappa shape index (κ2) is 7.23. The van der Waals surface area contributed by atoms with E-state index < -0.39 is 0 Å². The summed E-state index contributed by atoms with van der Waals surface area (Å²) in [6.07, 6.45) is 8.38. The quantitative estimate of drug-likeness (QED) is 0.409. The molecule has 160 valence electrons. The number of aromatic amines is 2. The summed E-state index contributed by atoms with van der Waals surface area (Å²) >= 11 is 0. The van der Waals surface area contributed by atoms with E-state index in [2.05, 4.69) is 36.5 Å². The van der Waals surface area contributed by atoms with Gasteiger partial charge in [0.15, 0.2) is 0 Å². The molecule has 0 saturated carbocycles. The first kappa shape index (κ1) is 18.6. The van der Waals surface area contributed by atoms with Crippen LogP contribution in [0.25, 0.3) is 27.8 Å². The third-order valence-corrected chi connectivity index (χ3v) is 6.27. The maximum Gasteiger partial charge on any atom is 0.271 e. The molecule has 5 heterocycles. The zero-order valence-corrected chi connectivity index (χ0v) is 17.3. The molecule has 1 amide bonds. The smallest absolute Gasteiger partial charge is 0.271 e. The summed E-state index contributed by atoms with van der Waals surface area (Å²) in [7, 11) is 0. The number of hydrogen-bond donors (Lipinski definition) is 3. The Balaban J connectivity index is 1.35. The molecule has 1 saturated heterocycles. The van der Waals surface area contributed by atoms with Gasteiger partial charge >= 0.3 is 0 Å². The number of hydrogen-bond acceptors (Lipinski definition) is 5. The number of para-hydroxylation sites is 1. The van der Waals surface area contributed by atoms with Crippen molar-refractivity contribution >= 4 is 28.1 Å². The lowest BCUT2D eigenvalue weighted by molar-refractivity contribution is 0.0705. The number of carbonyl (C=O) groups excluding carboxylic acids is 1. The first-order valence-electron chi connectivity index (χ1n) is 10.7. The molecule has 32 heavy (non-hydrogen) atoms. The number of H-pyrrole nitrogens is 2. The Bertz CT molecular complexity index is 1390. The molecular formula is C23H22N8O. The summed E-state index contributed by atoms with van der Waals surface area (Å²) in [5.41, 5.74) is 10.4. The van der Waals surface area contributed by atoms with E-state index in [1.54, 1.807) is 12.4 Å². The number of nitrogens with zero attached hydrogens (tertiary/aromatic N) is 5. The molecular weight excluding hydrogens is 404 g/mol. The van der Waals surface area contributed by atoms with Crippen LogP contribution in [0.1, 0.15) is 35.1 Å². The lowest BCUT2D eigenvalue weighted by atomic mass is 9.96. The Morgan fingerprint density at radius 1 is 1.19 bits per heavy atom. The lowest BCUT2D eigenvalue weighted by Crippen LogP contribution is -2.38. The molecule has 6 rings (SSSR count). The summed E-state index contributed by atoms with van der Waals surface area (Å²) in [5.74, 6) is 1.61. The number of nitrogens with one attached hydrogen (secondary N) is 2. The minimum Gasteiger partial charge on any atom is -0.382 e. The number of benzene rings is 1. The normalized spacial score (nSPS) is 15.1. The van der Waals surface area contributed by atoms with Crippen LogP contribution >= 0.6 is 0 Å². The van der Waals surface area contributed by atoms with Gasteiger partial charge in [-0.05, 0) is 25.0 Å². The number of piperidine rings is 1. The van der Waals surface area contributed by atoms with Gasteiger partial charge in [-0.25, -0.2) is 15.0 Å². The number of carbonyl (C=O) groups is 1. The highest BCUT2D eigenvalue weighted by Crippen LogP contribution is 2.35. The van der Waals surface area contributed by atoms with Gasteiger partial charge in [-0.15, -0.1) is 0 Å². The number of nitrogen functional groups attached to an aromatic ring is 1. The van der Waals surface area contributed by atoms with E-state index in [4.69, 9.17) is 10.7 Å². The molecule has 0 aliphatic carbocycles. The van der Waals surface area contributed by atoms with Crippen molar-refractivity contribution in [2.24, 2.45) is 0 Å². The third kappa shape index (κ3) is 2.93. The summed E-state index contributed by atoms with van der Waals surface area (Å²) in [5, 5.41) is 1.12. The molecule has 0 radical (unpaired) electrons. The Hall–Kier alpha value is -4.14. The van der Waals surface area contributed by atoms with Crippen LogP contribution in [0.15, 0.2) is 55.2 Å². The van der Waals surface area contributed by atoms with Crippen molar-refractivity contribution in [1.29, 1.82) is 0 Å². The monoisotopic (exact) mass is 426 g/mol. The fraction of sp³-hybridized carbons (Fsp3) is 0.217. The SMILES string of the molecule is Nc1nccn2c(C3CCN(C(=O)c4cnc[nH]4)CC3)nc(-c3cc4ccccc4[nH]3)c12. The fourth-order valence-electron chi connectivity index (χ4n) is 4.65. The minimum atomic E-state index is -0.0128. The Morgan fingerprint density at radius 2 is 2.03 bits per heavy atom. The van der Waals surface area contributed by atoms with Crippen LogP contribution in [0, 0.1) is 0 Å². The second-order valence-corrected chi connectivity index (χ2v) is 8.15. The van der Waals surface area contributed by atoms with Crippen molar-refractivity contribution < 1.29 is 4.79 Å². The standard InChI is InChI=1S/C23H22N8O/c24-21-20-19(17-11-15-3-1-2-4-16(15)28-17)29-22(31(20)10-7-26-21)14-5-8-30(9-6-14)23(32)18-12-25-13-27-18/h1-4,7,10-14,28H,5-6,8-9H2,(H2,24,26)(H,25,27). The highest BCUT2D eigenvalue weighted by atomic mass is 16.2. The van der Waals surface area contributed by atoms with Crippen molar-refractivity contribution in [3.8, 4) is 11.4 Å². The van der Waals surface area contributed by atoms with Gasteiger partial charge in [0.1, 0.15) is 28.5 Å². The van der Waals surface area contributed by atoms with Crippen LogP contribution in [0.3, 0.4) is 0 Å². The van der Waals surface area contributed by atoms with E-state index in [9.17, 15) is 4.79 Å². The average Bonchev–Trinajstić information content (AvgIpc) is 3.57. The molecule has 4 N–H and O–H groups in total. The van der Waals surface area contributed by atoms with Gasteiger partial charge in [0.05, 0.1) is 18.2 Å². The van der Waals surface area contributed by atoms with Crippen molar-refractivity contribution in [3.05, 3.63) is 66.8 Å². The van der Waals surface area contributed by atoms with E-state index in [1.807, 2.05) is 29.3 Å². The summed E-state index contributed by atoms with van der Waals surface area (Å²) in [4.78, 5) is 34.2. The Kier molecular flexibility index (Phi) is 4.20. The molecule has 0 unspecified atom stereocenters. The molecule has 1 aliphatic heterocycles. The summed E-state index contributed by atoms with van der Waals surface area (Å²) in [6.45, 7) is 1.33. The van der Waals surface area contributed by atoms with Gasteiger partial charge in [0, 0.05) is 42.3 Å². The van der Waals surface area contributed by atoms with Crippen molar-refractivity contribution in [2.75, 3.05) is 18.8 Å². The minimum absolute atomic E-state index is 0.0128. The van der Waals surface area contributed by atoms with E-state index in [1.165, 1.54) is 6.33 Å². The van der Waals surface area contributed by atoms with Crippen molar-refractivity contribution in [1.82, 2.24) is 34.2 Å².